The molecular weight excluding hydrogens is 366 g/mol. The van der Waals surface area contributed by atoms with Gasteiger partial charge < -0.3 is 10.2 Å². The molecule has 0 aliphatic heterocycles. The van der Waals surface area contributed by atoms with Gasteiger partial charge in [-0.2, -0.15) is 0 Å². The molecule has 0 unspecified atom stereocenters. The Balaban J connectivity index is 2.76. The minimum atomic E-state index is -3.46. The van der Waals surface area contributed by atoms with Gasteiger partial charge in [0.1, 0.15) is 11.6 Å². The number of benzene rings is 2. The summed E-state index contributed by atoms with van der Waals surface area (Å²) in [5.74, 6) is -3.14. The molecule has 2 rings (SSSR count). The molecule has 5 nitrogen and oxygen atoms in total. The van der Waals surface area contributed by atoms with E-state index in [9.17, 15) is 27.1 Å². The summed E-state index contributed by atoms with van der Waals surface area (Å²) in [4.78, 5) is 11.6. The van der Waals surface area contributed by atoms with Crippen molar-refractivity contribution in [3.63, 3.8) is 0 Å². The standard InChI is InChI=1S/C18H16F2O5S/c1-26(24,25)15-4-2-11(3-5-15)17(16(6-7-21)18(22)23)12-8-13(19)10-14(20)9-12/h2-5,8-10,21H,6-7H2,1H3,(H,22,23)/b17-16+. The minimum Gasteiger partial charge on any atom is -0.478 e. The maximum Gasteiger partial charge on any atom is 0.332 e. The summed E-state index contributed by atoms with van der Waals surface area (Å²) in [6.45, 7) is -0.482. The largest absolute Gasteiger partial charge is 0.478 e. The molecular formula is C18H16F2O5S. The van der Waals surface area contributed by atoms with Gasteiger partial charge in [0, 0.05) is 30.9 Å². The van der Waals surface area contributed by atoms with Crippen LogP contribution in [0.2, 0.25) is 0 Å². The second kappa shape index (κ2) is 7.76. The molecule has 0 saturated carbocycles. The van der Waals surface area contributed by atoms with Crippen LogP contribution in [0.5, 0.6) is 0 Å². The zero-order valence-electron chi connectivity index (χ0n) is 13.7. The van der Waals surface area contributed by atoms with E-state index in [2.05, 4.69) is 0 Å². The van der Waals surface area contributed by atoms with Crippen molar-refractivity contribution in [3.8, 4) is 0 Å². The fraction of sp³-hybridized carbons (Fsp3) is 0.167. The molecule has 26 heavy (non-hydrogen) atoms. The van der Waals surface area contributed by atoms with Gasteiger partial charge in [0.25, 0.3) is 0 Å². The van der Waals surface area contributed by atoms with Gasteiger partial charge in [0.05, 0.1) is 4.90 Å². The number of hydrogen-bond acceptors (Lipinski definition) is 4. The number of carbonyl (C=O) groups is 1. The van der Waals surface area contributed by atoms with Gasteiger partial charge in [-0.25, -0.2) is 22.0 Å². The SMILES string of the molecule is CS(=O)(=O)c1ccc(/C(=C(/CCO)C(=O)O)c2cc(F)cc(F)c2)cc1. The van der Waals surface area contributed by atoms with E-state index in [-0.39, 0.29) is 33.6 Å². The molecule has 0 heterocycles. The van der Waals surface area contributed by atoms with E-state index in [4.69, 9.17) is 5.11 Å². The lowest BCUT2D eigenvalue weighted by molar-refractivity contribution is -0.132. The zero-order valence-corrected chi connectivity index (χ0v) is 14.6. The quantitative estimate of drug-likeness (QED) is 0.750. The first-order chi connectivity index (χ1) is 12.1. The first kappa shape index (κ1) is 19.7. The van der Waals surface area contributed by atoms with E-state index < -0.39 is 34.0 Å². The summed E-state index contributed by atoms with van der Waals surface area (Å²) >= 11 is 0. The van der Waals surface area contributed by atoms with Gasteiger partial charge >= 0.3 is 5.97 Å². The van der Waals surface area contributed by atoms with Crippen molar-refractivity contribution in [3.05, 3.63) is 70.8 Å². The second-order valence-corrected chi connectivity index (χ2v) is 7.60. The van der Waals surface area contributed by atoms with Crippen molar-refractivity contribution in [1.29, 1.82) is 0 Å². The van der Waals surface area contributed by atoms with E-state index in [0.717, 1.165) is 18.4 Å². The average Bonchev–Trinajstić information content (AvgIpc) is 2.53. The molecule has 0 amide bonds. The van der Waals surface area contributed by atoms with Gasteiger partial charge in [-0.15, -0.1) is 0 Å². The summed E-state index contributed by atoms with van der Waals surface area (Å²) in [5.41, 5.74) is -0.0108. The highest BCUT2D eigenvalue weighted by atomic mass is 32.2. The Morgan fingerprint density at radius 3 is 1.96 bits per heavy atom. The maximum atomic E-state index is 13.6. The number of sulfone groups is 1. The lowest BCUT2D eigenvalue weighted by atomic mass is 9.91. The molecule has 2 N–H and O–H groups in total. The van der Waals surface area contributed by atoms with Crippen molar-refractivity contribution in [2.24, 2.45) is 0 Å². The van der Waals surface area contributed by atoms with Crippen molar-refractivity contribution < 1.29 is 32.2 Å². The number of halogens is 2. The molecule has 0 atom stereocenters. The Morgan fingerprint density at radius 1 is 1.00 bits per heavy atom. The molecule has 2 aromatic carbocycles. The fourth-order valence-electron chi connectivity index (χ4n) is 2.53. The molecule has 0 aliphatic rings. The normalized spacial score (nSPS) is 12.6. The number of aliphatic carboxylic acids is 1. The molecule has 0 fully saturated rings. The van der Waals surface area contributed by atoms with Crippen LogP contribution in [0.25, 0.3) is 5.57 Å². The van der Waals surface area contributed by atoms with Crippen LogP contribution in [-0.2, 0) is 14.6 Å². The zero-order chi connectivity index (χ0) is 19.5. The van der Waals surface area contributed by atoms with Crippen LogP contribution in [0.1, 0.15) is 17.5 Å². The third-order valence-electron chi connectivity index (χ3n) is 3.64. The molecule has 0 aliphatic carbocycles. The third kappa shape index (κ3) is 4.53. The number of rotatable bonds is 6. The molecule has 0 saturated heterocycles. The van der Waals surface area contributed by atoms with Crippen LogP contribution in [-0.4, -0.2) is 37.5 Å². The summed E-state index contributed by atoms with van der Waals surface area (Å²) in [6.07, 6.45) is 0.770. The highest BCUT2D eigenvalue weighted by Gasteiger charge is 2.19. The first-order valence-corrected chi connectivity index (χ1v) is 9.37. The highest BCUT2D eigenvalue weighted by Crippen LogP contribution is 2.30. The molecule has 2 aromatic rings. The van der Waals surface area contributed by atoms with Crippen LogP contribution in [0.3, 0.4) is 0 Å². The van der Waals surface area contributed by atoms with Gasteiger partial charge in [0.2, 0.25) is 0 Å². The Morgan fingerprint density at radius 2 is 1.54 bits per heavy atom. The Labute approximate surface area is 149 Å². The van der Waals surface area contributed by atoms with E-state index in [1.54, 1.807) is 0 Å². The summed E-state index contributed by atoms with van der Waals surface area (Å²) in [5, 5.41) is 18.6. The number of aliphatic hydroxyl groups is 1. The Hall–Kier alpha value is -2.58. The van der Waals surface area contributed by atoms with Crippen molar-refractivity contribution >= 4 is 21.4 Å². The van der Waals surface area contributed by atoms with Gasteiger partial charge in [-0.1, -0.05) is 12.1 Å². The van der Waals surface area contributed by atoms with Gasteiger partial charge in [-0.05, 0) is 41.0 Å². The second-order valence-electron chi connectivity index (χ2n) is 5.59. The molecule has 8 heteroatoms. The van der Waals surface area contributed by atoms with E-state index in [0.29, 0.717) is 6.07 Å². The van der Waals surface area contributed by atoms with Crippen molar-refractivity contribution in [1.82, 2.24) is 0 Å². The highest BCUT2D eigenvalue weighted by molar-refractivity contribution is 7.90. The smallest absolute Gasteiger partial charge is 0.332 e. The van der Waals surface area contributed by atoms with Gasteiger partial charge in [-0.3, -0.25) is 0 Å². The maximum absolute atomic E-state index is 13.6. The topological polar surface area (TPSA) is 91.7 Å². The third-order valence-corrected chi connectivity index (χ3v) is 4.77. The predicted molar refractivity (Wildman–Crippen MR) is 91.3 cm³/mol. The van der Waals surface area contributed by atoms with Crippen molar-refractivity contribution in [2.75, 3.05) is 12.9 Å². The molecule has 0 bridgehead atoms. The Kier molecular flexibility index (Phi) is 5.89. The number of carboxylic acids is 1. The lowest BCUT2D eigenvalue weighted by Gasteiger charge is -2.14. The minimum absolute atomic E-state index is 0.00463. The number of aliphatic hydroxyl groups excluding tert-OH is 1. The van der Waals surface area contributed by atoms with Crippen LogP contribution in [0, 0.1) is 11.6 Å². The van der Waals surface area contributed by atoms with Crippen LogP contribution in [0.15, 0.2) is 52.9 Å². The average molecular weight is 382 g/mol. The van der Waals surface area contributed by atoms with Crippen molar-refractivity contribution in [2.45, 2.75) is 11.3 Å². The number of carboxylic acid groups (broad SMARTS) is 1. The number of hydrogen-bond donors (Lipinski definition) is 2. The summed E-state index contributed by atoms with van der Waals surface area (Å²) in [7, 11) is -3.46. The predicted octanol–water partition coefficient (Wildman–Crippen LogP) is 2.64. The van der Waals surface area contributed by atoms with Crippen LogP contribution < -0.4 is 0 Å². The first-order valence-electron chi connectivity index (χ1n) is 7.47. The summed E-state index contributed by atoms with van der Waals surface area (Å²) in [6, 6.07) is 7.87. The van der Waals surface area contributed by atoms with Gasteiger partial charge in [0.15, 0.2) is 9.84 Å². The van der Waals surface area contributed by atoms with Crippen LogP contribution >= 0.6 is 0 Å². The van der Waals surface area contributed by atoms with E-state index in [1.807, 2.05) is 0 Å². The molecule has 0 aromatic heterocycles. The van der Waals surface area contributed by atoms with Crippen LogP contribution in [0.4, 0.5) is 8.78 Å². The summed E-state index contributed by atoms with van der Waals surface area (Å²) < 4.78 is 50.4. The lowest BCUT2D eigenvalue weighted by Crippen LogP contribution is -2.08. The molecule has 138 valence electrons. The fourth-order valence-corrected chi connectivity index (χ4v) is 3.16. The van der Waals surface area contributed by atoms with E-state index in [1.165, 1.54) is 24.3 Å². The monoisotopic (exact) mass is 382 g/mol. The molecule has 0 spiro atoms. The molecule has 0 radical (unpaired) electrons. The Bertz CT molecular complexity index is 943. The van der Waals surface area contributed by atoms with E-state index >= 15 is 0 Å².